The van der Waals surface area contributed by atoms with Crippen LogP contribution in [0.2, 0.25) is 0 Å². The molecule has 110 valence electrons. The van der Waals surface area contributed by atoms with E-state index in [9.17, 15) is 5.11 Å². The van der Waals surface area contributed by atoms with Gasteiger partial charge in [0.25, 0.3) is 0 Å². The number of aliphatic hydroxyl groups is 1. The van der Waals surface area contributed by atoms with Crippen molar-refractivity contribution in [2.24, 2.45) is 0 Å². The number of aliphatic hydroxyl groups excluding tert-OH is 1. The van der Waals surface area contributed by atoms with Crippen molar-refractivity contribution in [3.05, 3.63) is 34.9 Å². The number of ether oxygens (including phenoxy) is 2. The number of fused-ring (bicyclic) bond motifs is 3. The molecule has 4 atom stereocenters. The molecule has 0 bridgehead atoms. The molecule has 1 aliphatic carbocycles. The molecule has 1 unspecified atom stereocenters. The van der Waals surface area contributed by atoms with Gasteiger partial charge in [-0.1, -0.05) is 11.6 Å². The number of nitrogens with zero attached hydrogens (tertiary/aromatic N) is 1. The van der Waals surface area contributed by atoms with Gasteiger partial charge in [0.1, 0.15) is 0 Å². The summed E-state index contributed by atoms with van der Waals surface area (Å²) in [4.78, 5) is 2.48. The van der Waals surface area contributed by atoms with Gasteiger partial charge >= 0.3 is 0 Å². The Morgan fingerprint density at radius 2 is 2.05 bits per heavy atom. The van der Waals surface area contributed by atoms with Crippen LogP contribution in [0.3, 0.4) is 0 Å². The molecular formula is C16H17NO3S. The van der Waals surface area contributed by atoms with Crippen molar-refractivity contribution in [3.63, 3.8) is 0 Å². The third-order valence-electron chi connectivity index (χ3n) is 5.27. The van der Waals surface area contributed by atoms with E-state index in [2.05, 4.69) is 35.7 Å². The minimum absolute atomic E-state index is 0.0856. The molecule has 1 aromatic carbocycles. The predicted octanol–water partition coefficient (Wildman–Crippen LogP) is 1.69. The van der Waals surface area contributed by atoms with Crippen LogP contribution in [-0.4, -0.2) is 40.7 Å². The molecule has 1 aromatic rings. The van der Waals surface area contributed by atoms with Gasteiger partial charge in [0.15, 0.2) is 11.5 Å². The largest absolute Gasteiger partial charge is 0.454 e. The number of hydrogen-bond acceptors (Lipinski definition) is 5. The van der Waals surface area contributed by atoms with Crippen LogP contribution in [0.1, 0.15) is 23.5 Å². The standard InChI is InChI=1S/C16H17NO3S/c18-16-13(21)4-8-1-2-17-6-9-3-11-12(20-7-19-11)5-10(9)14(16)15(8)17/h3-5,13-16,18,21H,1-2,6-7H2/t13-,14-,15?,16+/m0/s1. The average Bonchev–Trinajstić information content (AvgIpc) is 3.08. The smallest absolute Gasteiger partial charge is 0.231 e. The Balaban J connectivity index is 1.70. The summed E-state index contributed by atoms with van der Waals surface area (Å²) in [6.07, 6.45) is 2.79. The first-order valence-electron chi connectivity index (χ1n) is 7.45. The molecule has 21 heavy (non-hydrogen) atoms. The lowest BCUT2D eigenvalue weighted by Crippen LogP contribution is -2.48. The van der Waals surface area contributed by atoms with E-state index < -0.39 is 6.10 Å². The highest BCUT2D eigenvalue weighted by molar-refractivity contribution is 7.81. The molecule has 0 aromatic heterocycles. The Kier molecular flexibility index (Phi) is 2.47. The van der Waals surface area contributed by atoms with Crippen molar-refractivity contribution in [3.8, 4) is 11.5 Å². The number of benzene rings is 1. The maximum absolute atomic E-state index is 10.7. The highest BCUT2D eigenvalue weighted by Gasteiger charge is 2.48. The lowest BCUT2D eigenvalue weighted by molar-refractivity contribution is 0.0869. The molecule has 4 nitrogen and oxygen atoms in total. The molecule has 0 saturated carbocycles. The summed E-state index contributed by atoms with van der Waals surface area (Å²) in [7, 11) is 0. The van der Waals surface area contributed by atoms with E-state index >= 15 is 0 Å². The summed E-state index contributed by atoms with van der Waals surface area (Å²) in [5.74, 6) is 1.72. The lowest BCUT2D eigenvalue weighted by atomic mass is 9.74. The SMILES string of the molecule is O[C@@H]1[C@@H](S)C=C2CCN3Cc4cc5c(cc4[C@H]1C23)OCO5. The molecule has 0 spiro atoms. The fourth-order valence-corrected chi connectivity index (χ4v) is 4.73. The maximum atomic E-state index is 10.7. The summed E-state index contributed by atoms with van der Waals surface area (Å²) in [6, 6.07) is 4.49. The van der Waals surface area contributed by atoms with E-state index in [4.69, 9.17) is 9.47 Å². The van der Waals surface area contributed by atoms with Gasteiger partial charge in [-0.25, -0.2) is 0 Å². The molecule has 0 amide bonds. The Morgan fingerprint density at radius 3 is 2.90 bits per heavy atom. The van der Waals surface area contributed by atoms with Crippen LogP contribution in [0.5, 0.6) is 11.5 Å². The van der Waals surface area contributed by atoms with Crippen molar-refractivity contribution >= 4 is 12.6 Å². The van der Waals surface area contributed by atoms with E-state index in [-0.39, 0.29) is 11.2 Å². The van der Waals surface area contributed by atoms with Gasteiger partial charge in [-0.15, -0.1) is 0 Å². The predicted molar refractivity (Wildman–Crippen MR) is 81.0 cm³/mol. The van der Waals surface area contributed by atoms with Gasteiger partial charge in [0.2, 0.25) is 6.79 Å². The molecule has 5 heteroatoms. The molecule has 1 N–H and O–H groups in total. The zero-order valence-electron chi connectivity index (χ0n) is 11.5. The van der Waals surface area contributed by atoms with Gasteiger partial charge in [-0.3, -0.25) is 4.90 Å². The minimum Gasteiger partial charge on any atom is -0.454 e. The molecule has 3 aliphatic heterocycles. The number of rotatable bonds is 0. The molecule has 4 aliphatic rings. The summed E-state index contributed by atoms with van der Waals surface area (Å²) >= 11 is 4.58. The van der Waals surface area contributed by atoms with Gasteiger partial charge in [-0.2, -0.15) is 12.6 Å². The first kappa shape index (κ1) is 12.4. The van der Waals surface area contributed by atoms with Gasteiger partial charge in [0.05, 0.1) is 6.10 Å². The monoisotopic (exact) mass is 303 g/mol. The third kappa shape index (κ3) is 1.59. The molecule has 3 heterocycles. The summed E-state index contributed by atoms with van der Waals surface area (Å²) in [6.45, 7) is 2.28. The summed E-state index contributed by atoms with van der Waals surface area (Å²) < 4.78 is 11.0. The maximum Gasteiger partial charge on any atom is 0.231 e. The van der Waals surface area contributed by atoms with E-state index in [0.717, 1.165) is 31.0 Å². The Labute approximate surface area is 128 Å². The Morgan fingerprint density at radius 1 is 1.24 bits per heavy atom. The van der Waals surface area contributed by atoms with Crippen molar-refractivity contribution < 1.29 is 14.6 Å². The quantitative estimate of drug-likeness (QED) is 0.565. The Hall–Kier alpha value is -1.17. The van der Waals surface area contributed by atoms with Gasteiger partial charge < -0.3 is 14.6 Å². The van der Waals surface area contributed by atoms with Crippen LogP contribution in [0.4, 0.5) is 0 Å². The molecule has 1 saturated heterocycles. The fraction of sp³-hybridized carbons (Fsp3) is 0.500. The van der Waals surface area contributed by atoms with E-state index in [0.29, 0.717) is 12.8 Å². The lowest BCUT2D eigenvalue weighted by Gasteiger charge is -2.44. The summed E-state index contributed by atoms with van der Waals surface area (Å²) in [5, 5.41) is 10.6. The Bertz CT molecular complexity index is 659. The highest BCUT2D eigenvalue weighted by Crippen LogP contribution is 2.50. The second-order valence-corrected chi connectivity index (χ2v) is 6.91. The van der Waals surface area contributed by atoms with Crippen LogP contribution < -0.4 is 9.47 Å². The molecule has 5 rings (SSSR count). The normalized spacial score (nSPS) is 36.2. The first-order chi connectivity index (χ1) is 10.2. The van der Waals surface area contributed by atoms with Crippen LogP contribution in [0, 0.1) is 0 Å². The van der Waals surface area contributed by atoms with Crippen LogP contribution in [-0.2, 0) is 6.54 Å². The first-order valence-corrected chi connectivity index (χ1v) is 7.97. The summed E-state index contributed by atoms with van der Waals surface area (Å²) in [5.41, 5.74) is 3.90. The van der Waals surface area contributed by atoms with E-state index in [1.807, 2.05) is 0 Å². The topological polar surface area (TPSA) is 41.9 Å². The minimum atomic E-state index is -0.456. The van der Waals surface area contributed by atoms with Gasteiger partial charge in [0, 0.05) is 30.3 Å². The van der Waals surface area contributed by atoms with Crippen LogP contribution in [0.15, 0.2) is 23.8 Å². The number of thiol groups is 1. The zero-order valence-corrected chi connectivity index (χ0v) is 12.4. The fourth-order valence-electron chi connectivity index (χ4n) is 4.35. The van der Waals surface area contributed by atoms with Crippen molar-refractivity contribution in [2.75, 3.05) is 13.3 Å². The second-order valence-electron chi connectivity index (χ2n) is 6.32. The van der Waals surface area contributed by atoms with E-state index in [1.165, 1.54) is 16.7 Å². The van der Waals surface area contributed by atoms with Crippen LogP contribution >= 0.6 is 12.6 Å². The third-order valence-corrected chi connectivity index (χ3v) is 5.73. The molecular weight excluding hydrogens is 286 g/mol. The van der Waals surface area contributed by atoms with Crippen molar-refractivity contribution in [2.45, 2.75) is 36.3 Å². The van der Waals surface area contributed by atoms with Crippen LogP contribution in [0.25, 0.3) is 0 Å². The molecule has 1 fully saturated rings. The number of hydrogen-bond donors (Lipinski definition) is 2. The van der Waals surface area contributed by atoms with Crippen molar-refractivity contribution in [1.29, 1.82) is 0 Å². The zero-order chi connectivity index (χ0) is 14.1. The highest BCUT2D eigenvalue weighted by atomic mass is 32.1. The van der Waals surface area contributed by atoms with Crippen molar-refractivity contribution in [1.82, 2.24) is 4.90 Å². The molecule has 0 radical (unpaired) electrons. The van der Waals surface area contributed by atoms with E-state index in [1.54, 1.807) is 0 Å². The second kappa shape index (κ2) is 4.18. The average molecular weight is 303 g/mol. The van der Waals surface area contributed by atoms with Gasteiger partial charge in [-0.05, 0) is 29.7 Å².